The van der Waals surface area contributed by atoms with Crippen LogP contribution in [0.1, 0.15) is 0 Å². The predicted molar refractivity (Wildman–Crippen MR) is 70.1 cm³/mol. The zero-order chi connectivity index (χ0) is 12.4. The van der Waals surface area contributed by atoms with E-state index in [1.165, 1.54) is 5.56 Å². The van der Waals surface area contributed by atoms with Gasteiger partial charge in [-0.3, -0.25) is 4.98 Å². The third kappa shape index (κ3) is 1.96. The summed E-state index contributed by atoms with van der Waals surface area (Å²) in [6.07, 6.45) is 0. The molecule has 0 aliphatic rings. The quantitative estimate of drug-likeness (QED) is 0.719. The van der Waals surface area contributed by atoms with Crippen LogP contribution in [0.5, 0.6) is 0 Å². The Morgan fingerprint density at radius 3 is 2.00 bits per heavy atom. The molecule has 1 heterocycles. The Morgan fingerprint density at radius 1 is 0.778 bits per heavy atom. The first-order valence-electron chi connectivity index (χ1n) is 5.63. The van der Waals surface area contributed by atoms with Gasteiger partial charge in [0.1, 0.15) is 0 Å². The minimum Gasteiger partial charge on any atom is -0.289 e. The van der Waals surface area contributed by atoms with Crippen molar-refractivity contribution in [3.63, 3.8) is 0 Å². The maximum Gasteiger partial charge on any atom is 0.340 e. The first-order valence-corrected chi connectivity index (χ1v) is 5.63. The Kier molecular flexibility index (Phi) is 2.53. The van der Waals surface area contributed by atoms with Gasteiger partial charge in [0.15, 0.2) is 5.82 Å². The minimum atomic E-state index is -0.294. The first-order chi connectivity index (χ1) is 8.83. The van der Waals surface area contributed by atoms with Crippen molar-refractivity contribution in [2.75, 3.05) is 0 Å². The average molecular weight is 237 g/mol. The summed E-state index contributed by atoms with van der Waals surface area (Å²) in [6.45, 7) is 0. The highest BCUT2D eigenvalue weighted by Crippen LogP contribution is 2.22. The SMILES string of the molecule is O=c1[nH]nc(-c2ccc(-c3ccccc3)cc2)[nH]1. The van der Waals surface area contributed by atoms with E-state index in [9.17, 15) is 4.79 Å². The molecule has 0 atom stereocenters. The number of hydrogen-bond acceptors (Lipinski definition) is 2. The lowest BCUT2D eigenvalue weighted by atomic mass is 10.0. The number of nitrogens with zero attached hydrogens (tertiary/aromatic N) is 1. The van der Waals surface area contributed by atoms with E-state index in [0.29, 0.717) is 5.82 Å². The normalized spacial score (nSPS) is 10.4. The molecule has 88 valence electrons. The van der Waals surface area contributed by atoms with E-state index in [4.69, 9.17) is 0 Å². The molecule has 3 rings (SSSR count). The van der Waals surface area contributed by atoms with Crippen LogP contribution in [0, 0.1) is 0 Å². The summed E-state index contributed by atoms with van der Waals surface area (Å²) >= 11 is 0. The molecule has 3 aromatic rings. The van der Waals surface area contributed by atoms with Crippen LogP contribution < -0.4 is 5.69 Å². The summed E-state index contributed by atoms with van der Waals surface area (Å²) < 4.78 is 0. The van der Waals surface area contributed by atoms with Gasteiger partial charge in [-0.2, -0.15) is 5.10 Å². The molecule has 0 saturated heterocycles. The molecule has 0 radical (unpaired) electrons. The molecule has 0 bridgehead atoms. The zero-order valence-corrected chi connectivity index (χ0v) is 9.55. The van der Waals surface area contributed by atoms with Crippen molar-refractivity contribution < 1.29 is 0 Å². The third-order valence-corrected chi connectivity index (χ3v) is 2.77. The lowest BCUT2D eigenvalue weighted by Crippen LogP contribution is -2.00. The van der Waals surface area contributed by atoms with E-state index >= 15 is 0 Å². The second-order valence-corrected chi connectivity index (χ2v) is 3.97. The Morgan fingerprint density at radius 2 is 1.39 bits per heavy atom. The van der Waals surface area contributed by atoms with Crippen LogP contribution in [0.4, 0.5) is 0 Å². The van der Waals surface area contributed by atoms with E-state index in [-0.39, 0.29) is 5.69 Å². The van der Waals surface area contributed by atoms with Crippen molar-refractivity contribution in [2.45, 2.75) is 0 Å². The second-order valence-electron chi connectivity index (χ2n) is 3.97. The Balaban J connectivity index is 1.97. The van der Waals surface area contributed by atoms with Crippen molar-refractivity contribution in [1.29, 1.82) is 0 Å². The summed E-state index contributed by atoms with van der Waals surface area (Å²) in [5.41, 5.74) is 2.89. The van der Waals surface area contributed by atoms with Gasteiger partial charge in [0, 0.05) is 5.56 Å². The number of aromatic amines is 2. The van der Waals surface area contributed by atoms with Crippen LogP contribution >= 0.6 is 0 Å². The predicted octanol–water partition coefficient (Wildman–Crippen LogP) is 2.43. The molecule has 0 amide bonds. The second kappa shape index (κ2) is 4.33. The fourth-order valence-corrected chi connectivity index (χ4v) is 1.86. The van der Waals surface area contributed by atoms with Gasteiger partial charge in [-0.25, -0.2) is 9.89 Å². The lowest BCUT2D eigenvalue weighted by molar-refractivity contribution is 1.05. The maximum atomic E-state index is 11.0. The summed E-state index contributed by atoms with van der Waals surface area (Å²) in [6, 6.07) is 18.0. The van der Waals surface area contributed by atoms with Crippen LogP contribution in [-0.4, -0.2) is 15.2 Å². The molecule has 0 unspecified atom stereocenters. The van der Waals surface area contributed by atoms with Crippen molar-refractivity contribution >= 4 is 0 Å². The van der Waals surface area contributed by atoms with Crippen molar-refractivity contribution in [3.05, 3.63) is 65.1 Å². The summed E-state index contributed by atoms with van der Waals surface area (Å²) in [4.78, 5) is 13.6. The summed E-state index contributed by atoms with van der Waals surface area (Å²) in [5.74, 6) is 0.555. The van der Waals surface area contributed by atoms with Crippen LogP contribution in [0.15, 0.2) is 59.4 Å². The fraction of sp³-hybridized carbons (Fsp3) is 0. The molecular formula is C14H11N3O. The van der Waals surface area contributed by atoms with Gasteiger partial charge in [-0.05, 0) is 11.1 Å². The van der Waals surface area contributed by atoms with E-state index in [2.05, 4.69) is 27.3 Å². The highest BCUT2D eigenvalue weighted by atomic mass is 16.1. The molecular weight excluding hydrogens is 226 g/mol. The smallest absolute Gasteiger partial charge is 0.289 e. The van der Waals surface area contributed by atoms with Crippen molar-refractivity contribution in [1.82, 2.24) is 15.2 Å². The molecule has 18 heavy (non-hydrogen) atoms. The molecule has 0 spiro atoms. The van der Waals surface area contributed by atoms with Gasteiger partial charge in [0.2, 0.25) is 0 Å². The highest BCUT2D eigenvalue weighted by Gasteiger charge is 2.02. The number of nitrogens with one attached hydrogen (secondary N) is 2. The number of hydrogen-bond donors (Lipinski definition) is 2. The molecule has 4 heteroatoms. The molecule has 2 aromatic carbocycles. The number of aromatic nitrogens is 3. The van der Waals surface area contributed by atoms with E-state index in [1.807, 2.05) is 42.5 Å². The standard InChI is InChI=1S/C14H11N3O/c18-14-15-13(16-17-14)12-8-6-11(7-9-12)10-4-2-1-3-5-10/h1-9H,(H2,15,16,17,18). The lowest BCUT2D eigenvalue weighted by Gasteiger charge is -2.02. The molecule has 2 N–H and O–H groups in total. The van der Waals surface area contributed by atoms with E-state index in [1.54, 1.807) is 0 Å². The maximum absolute atomic E-state index is 11.0. The van der Waals surface area contributed by atoms with Gasteiger partial charge in [-0.15, -0.1) is 0 Å². The topological polar surface area (TPSA) is 61.5 Å². The largest absolute Gasteiger partial charge is 0.340 e. The molecule has 0 fully saturated rings. The van der Waals surface area contributed by atoms with Gasteiger partial charge < -0.3 is 0 Å². The minimum absolute atomic E-state index is 0.294. The number of benzene rings is 2. The molecule has 0 saturated carbocycles. The van der Waals surface area contributed by atoms with Crippen molar-refractivity contribution in [2.24, 2.45) is 0 Å². The van der Waals surface area contributed by atoms with E-state index < -0.39 is 0 Å². The number of rotatable bonds is 2. The fourth-order valence-electron chi connectivity index (χ4n) is 1.86. The first kappa shape index (κ1) is 10.5. The summed E-state index contributed by atoms with van der Waals surface area (Å²) in [7, 11) is 0. The molecule has 0 aliphatic carbocycles. The van der Waals surface area contributed by atoms with Gasteiger partial charge in [0.05, 0.1) is 0 Å². The Bertz CT molecular complexity index is 696. The Labute approximate surface area is 103 Å². The third-order valence-electron chi connectivity index (χ3n) is 2.77. The average Bonchev–Trinajstić information content (AvgIpc) is 2.87. The van der Waals surface area contributed by atoms with Crippen LogP contribution in [0.25, 0.3) is 22.5 Å². The molecule has 0 aliphatic heterocycles. The number of H-pyrrole nitrogens is 2. The van der Waals surface area contributed by atoms with E-state index in [0.717, 1.165) is 11.1 Å². The van der Waals surface area contributed by atoms with Crippen LogP contribution in [-0.2, 0) is 0 Å². The monoisotopic (exact) mass is 237 g/mol. The van der Waals surface area contributed by atoms with Gasteiger partial charge in [0.25, 0.3) is 0 Å². The van der Waals surface area contributed by atoms with Crippen molar-refractivity contribution in [3.8, 4) is 22.5 Å². The summed E-state index contributed by atoms with van der Waals surface area (Å²) in [5, 5.41) is 6.25. The highest BCUT2D eigenvalue weighted by molar-refractivity contribution is 5.67. The van der Waals surface area contributed by atoms with Crippen LogP contribution in [0.3, 0.4) is 0 Å². The van der Waals surface area contributed by atoms with Gasteiger partial charge >= 0.3 is 5.69 Å². The molecule has 1 aromatic heterocycles. The van der Waals surface area contributed by atoms with Gasteiger partial charge in [-0.1, -0.05) is 54.6 Å². The molecule has 4 nitrogen and oxygen atoms in total. The van der Waals surface area contributed by atoms with Crippen LogP contribution in [0.2, 0.25) is 0 Å². The zero-order valence-electron chi connectivity index (χ0n) is 9.55. The Hall–Kier alpha value is -2.62.